The lowest BCUT2D eigenvalue weighted by Gasteiger charge is -2.37. The number of hydrogen-bond donors (Lipinski definition) is 2. The van der Waals surface area contributed by atoms with Crippen LogP contribution in [-0.4, -0.2) is 39.3 Å². The lowest BCUT2D eigenvalue weighted by molar-refractivity contribution is -0.123. The van der Waals surface area contributed by atoms with E-state index in [0.29, 0.717) is 13.2 Å². The molecule has 1 aromatic rings. The van der Waals surface area contributed by atoms with Gasteiger partial charge in [0.25, 0.3) is 0 Å². The molecule has 1 aromatic carbocycles. The quantitative estimate of drug-likeness (QED) is 0.847. The fraction of sp³-hybridized carbons (Fsp3) is 0.611. The van der Waals surface area contributed by atoms with Crippen molar-refractivity contribution in [3.63, 3.8) is 0 Å². The number of rotatable bonds is 6. The minimum atomic E-state index is -0.124. The molecule has 1 fully saturated rings. The van der Waals surface area contributed by atoms with Gasteiger partial charge in [0.1, 0.15) is 0 Å². The largest absolute Gasteiger partial charge is 0.384 e. The van der Waals surface area contributed by atoms with E-state index in [9.17, 15) is 4.79 Å². The SMILES string of the molecule is COCC1(CNC(=O)C(C)c2cccc(C)c2)CCNCC1. The maximum absolute atomic E-state index is 12.5. The topological polar surface area (TPSA) is 50.4 Å². The summed E-state index contributed by atoms with van der Waals surface area (Å²) in [6.45, 7) is 7.40. The number of methoxy groups -OCH3 is 1. The van der Waals surface area contributed by atoms with Crippen LogP contribution in [-0.2, 0) is 9.53 Å². The van der Waals surface area contributed by atoms with Crippen molar-refractivity contribution in [1.29, 1.82) is 0 Å². The molecule has 22 heavy (non-hydrogen) atoms. The van der Waals surface area contributed by atoms with E-state index in [-0.39, 0.29) is 17.2 Å². The predicted molar refractivity (Wildman–Crippen MR) is 89.0 cm³/mol. The van der Waals surface area contributed by atoms with E-state index in [1.165, 1.54) is 5.56 Å². The number of ether oxygens (including phenoxy) is 1. The van der Waals surface area contributed by atoms with E-state index in [1.807, 2.05) is 19.1 Å². The molecule has 0 bridgehead atoms. The molecule has 1 unspecified atom stereocenters. The van der Waals surface area contributed by atoms with Gasteiger partial charge < -0.3 is 15.4 Å². The number of hydrogen-bond acceptors (Lipinski definition) is 3. The fourth-order valence-corrected chi connectivity index (χ4v) is 3.15. The van der Waals surface area contributed by atoms with Gasteiger partial charge in [0.15, 0.2) is 0 Å². The predicted octanol–water partition coefficient (Wildman–Crippen LogP) is 2.23. The lowest BCUT2D eigenvalue weighted by Crippen LogP contribution is -2.47. The molecule has 4 nitrogen and oxygen atoms in total. The lowest BCUT2D eigenvalue weighted by atomic mass is 9.79. The van der Waals surface area contributed by atoms with E-state index in [4.69, 9.17) is 4.74 Å². The Kier molecular flexibility index (Phi) is 5.98. The van der Waals surface area contributed by atoms with Crippen LogP contribution in [0.4, 0.5) is 0 Å². The fourth-order valence-electron chi connectivity index (χ4n) is 3.15. The number of carbonyl (C=O) groups excluding carboxylic acids is 1. The normalized spacial score (nSPS) is 18.7. The Hall–Kier alpha value is -1.39. The van der Waals surface area contributed by atoms with Crippen LogP contribution in [0.15, 0.2) is 24.3 Å². The highest BCUT2D eigenvalue weighted by molar-refractivity contribution is 5.83. The van der Waals surface area contributed by atoms with Crippen molar-refractivity contribution < 1.29 is 9.53 Å². The average Bonchev–Trinajstić information content (AvgIpc) is 2.53. The Morgan fingerprint density at radius 1 is 1.41 bits per heavy atom. The molecule has 1 aliphatic rings. The van der Waals surface area contributed by atoms with Crippen LogP contribution in [0, 0.1) is 12.3 Å². The molecule has 0 aromatic heterocycles. The first-order valence-electron chi connectivity index (χ1n) is 8.10. The van der Waals surface area contributed by atoms with Crippen molar-refractivity contribution in [2.24, 2.45) is 5.41 Å². The molecule has 0 aliphatic carbocycles. The maximum Gasteiger partial charge on any atom is 0.227 e. The standard InChI is InChI=1S/C18H28N2O2/c1-14-5-4-6-16(11-14)15(2)17(21)20-12-18(13-22-3)7-9-19-10-8-18/h4-6,11,15,19H,7-10,12-13H2,1-3H3,(H,20,21). The Morgan fingerprint density at radius 2 is 2.14 bits per heavy atom. The zero-order valence-electron chi connectivity index (χ0n) is 13.9. The van der Waals surface area contributed by atoms with Crippen molar-refractivity contribution >= 4 is 5.91 Å². The minimum Gasteiger partial charge on any atom is -0.384 e. The summed E-state index contributed by atoms with van der Waals surface area (Å²) in [4.78, 5) is 12.5. The molecule has 2 N–H and O–H groups in total. The van der Waals surface area contributed by atoms with Crippen LogP contribution >= 0.6 is 0 Å². The molecule has 4 heteroatoms. The average molecular weight is 304 g/mol. The number of nitrogens with one attached hydrogen (secondary N) is 2. The first kappa shape index (κ1) is 17.0. The molecule has 122 valence electrons. The zero-order valence-corrected chi connectivity index (χ0v) is 13.9. The second-order valence-corrected chi connectivity index (χ2v) is 6.54. The molecular formula is C18H28N2O2. The van der Waals surface area contributed by atoms with E-state index < -0.39 is 0 Å². The molecule has 1 aliphatic heterocycles. The summed E-state index contributed by atoms with van der Waals surface area (Å²) in [5.74, 6) is -0.0270. The van der Waals surface area contributed by atoms with E-state index >= 15 is 0 Å². The van der Waals surface area contributed by atoms with Crippen molar-refractivity contribution in [2.45, 2.75) is 32.6 Å². The Bertz CT molecular complexity index is 490. The van der Waals surface area contributed by atoms with Gasteiger partial charge in [-0.3, -0.25) is 4.79 Å². The van der Waals surface area contributed by atoms with Crippen molar-refractivity contribution in [1.82, 2.24) is 10.6 Å². The van der Waals surface area contributed by atoms with Crippen LogP contribution in [0.25, 0.3) is 0 Å². The third kappa shape index (κ3) is 4.31. The van der Waals surface area contributed by atoms with E-state index in [0.717, 1.165) is 31.5 Å². The summed E-state index contributed by atoms with van der Waals surface area (Å²) in [6, 6.07) is 8.16. The van der Waals surface area contributed by atoms with Gasteiger partial charge >= 0.3 is 0 Å². The van der Waals surface area contributed by atoms with Gasteiger partial charge in [0, 0.05) is 19.1 Å². The summed E-state index contributed by atoms with van der Waals surface area (Å²) in [7, 11) is 1.74. The van der Waals surface area contributed by atoms with Crippen LogP contribution in [0.3, 0.4) is 0 Å². The van der Waals surface area contributed by atoms with Gasteiger partial charge in [0.05, 0.1) is 12.5 Å². The summed E-state index contributed by atoms with van der Waals surface area (Å²) in [6.07, 6.45) is 2.08. The van der Waals surface area contributed by atoms with Gasteiger partial charge in [0.2, 0.25) is 5.91 Å². The van der Waals surface area contributed by atoms with Crippen LogP contribution in [0.1, 0.15) is 36.8 Å². The number of aryl methyl sites for hydroxylation is 1. The van der Waals surface area contributed by atoms with Crippen molar-refractivity contribution in [2.75, 3.05) is 33.4 Å². The number of piperidine rings is 1. The summed E-state index contributed by atoms with van der Waals surface area (Å²) >= 11 is 0. The second kappa shape index (κ2) is 7.75. The number of amides is 1. The third-order valence-corrected chi connectivity index (χ3v) is 4.69. The minimum absolute atomic E-state index is 0.0714. The molecule has 2 rings (SSSR count). The van der Waals surface area contributed by atoms with Gasteiger partial charge in [-0.1, -0.05) is 29.8 Å². The Morgan fingerprint density at radius 3 is 2.77 bits per heavy atom. The first-order chi connectivity index (χ1) is 10.6. The third-order valence-electron chi connectivity index (χ3n) is 4.69. The molecule has 1 amide bonds. The van der Waals surface area contributed by atoms with Gasteiger partial charge in [-0.15, -0.1) is 0 Å². The monoisotopic (exact) mass is 304 g/mol. The highest BCUT2D eigenvalue weighted by Gasteiger charge is 2.33. The molecule has 1 saturated heterocycles. The molecule has 1 atom stereocenters. The Balaban J connectivity index is 1.95. The summed E-state index contributed by atoms with van der Waals surface area (Å²) in [5.41, 5.74) is 2.33. The van der Waals surface area contributed by atoms with E-state index in [1.54, 1.807) is 7.11 Å². The Labute approximate surface area is 133 Å². The summed E-state index contributed by atoms with van der Waals surface area (Å²) < 4.78 is 5.40. The molecule has 0 radical (unpaired) electrons. The molecule has 1 heterocycles. The zero-order chi connectivity index (χ0) is 16.0. The number of benzene rings is 1. The second-order valence-electron chi connectivity index (χ2n) is 6.54. The van der Waals surface area contributed by atoms with Crippen LogP contribution in [0.2, 0.25) is 0 Å². The van der Waals surface area contributed by atoms with Crippen molar-refractivity contribution in [3.05, 3.63) is 35.4 Å². The highest BCUT2D eigenvalue weighted by atomic mass is 16.5. The van der Waals surface area contributed by atoms with Crippen molar-refractivity contribution in [3.8, 4) is 0 Å². The molecule has 0 spiro atoms. The van der Waals surface area contributed by atoms with Crippen LogP contribution < -0.4 is 10.6 Å². The van der Waals surface area contributed by atoms with Crippen LogP contribution in [0.5, 0.6) is 0 Å². The first-order valence-corrected chi connectivity index (χ1v) is 8.10. The summed E-state index contributed by atoms with van der Waals surface area (Å²) in [5, 5.41) is 6.52. The van der Waals surface area contributed by atoms with Gasteiger partial charge in [-0.25, -0.2) is 0 Å². The van der Waals surface area contributed by atoms with Gasteiger partial charge in [-0.2, -0.15) is 0 Å². The molecular weight excluding hydrogens is 276 g/mol. The smallest absolute Gasteiger partial charge is 0.227 e. The highest BCUT2D eigenvalue weighted by Crippen LogP contribution is 2.28. The molecule has 0 saturated carbocycles. The maximum atomic E-state index is 12.5. The van der Waals surface area contributed by atoms with Gasteiger partial charge in [-0.05, 0) is 45.3 Å². The number of carbonyl (C=O) groups is 1. The van der Waals surface area contributed by atoms with E-state index in [2.05, 4.69) is 29.7 Å².